The second-order valence-electron chi connectivity index (χ2n) is 3.44. The minimum Gasteiger partial charge on any atom is -0.396 e. The predicted octanol–water partition coefficient (Wildman–Crippen LogP) is 3.47. The van der Waals surface area contributed by atoms with Crippen LogP contribution < -0.4 is 0 Å². The molecule has 0 aliphatic carbocycles. The first-order valence-electron chi connectivity index (χ1n) is 5.32. The van der Waals surface area contributed by atoms with E-state index in [0.29, 0.717) is 0 Å². The Bertz CT molecular complexity index is 278. The third kappa shape index (κ3) is 5.80. The molecule has 3 heteroatoms. The van der Waals surface area contributed by atoms with Gasteiger partial charge in [-0.3, -0.25) is 0 Å². The van der Waals surface area contributed by atoms with E-state index in [1.54, 1.807) is 23.9 Å². The lowest BCUT2D eigenvalue weighted by Crippen LogP contribution is -1.85. The van der Waals surface area contributed by atoms with E-state index in [-0.39, 0.29) is 12.4 Å². The summed E-state index contributed by atoms with van der Waals surface area (Å²) < 4.78 is 12.8. The Labute approximate surface area is 94.7 Å². The van der Waals surface area contributed by atoms with Crippen LogP contribution in [0.2, 0.25) is 0 Å². The fourth-order valence-corrected chi connectivity index (χ4v) is 2.27. The first kappa shape index (κ1) is 12.5. The molecule has 0 atom stereocenters. The molecule has 0 aromatic heterocycles. The SMILES string of the molecule is OCCCCCCSc1cccc(F)c1. The van der Waals surface area contributed by atoms with Gasteiger partial charge in [0.15, 0.2) is 0 Å². The van der Waals surface area contributed by atoms with Crippen molar-refractivity contribution in [2.75, 3.05) is 12.4 Å². The quantitative estimate of drug-likeness (QED) is 0.569. The molecule has 0 radical (unpaired) electrons. The van der Waals surface area contributed by atoms with E-state index in [2.05, 4.69) is 0 Å². The molecule has 0 bridgehead atoms. The smallest absolute Gasteiger partial charge is 0.124 e. The number of benzene rings is 1. The molecule has 0 aliphatic heterocycles. The Kier molecular flexibility index (Phi) is 6.44. The van der Waals surface area contributed by atoms with Crippen molar-refractivity contribution in [3.63, 3.8) is 0 Å². The van der Waals surface area contributed by atoms with Crippen molar-refractivity contribution >= 4 is 11.8 Å². The Hall–Kier alpha value is -0.540. The molecule has 1 aromatic carbocycles. The first-order valence-corrected chi connectivity index (χ1v) is 6.30. The molecular formula is C12H17FOS. The Balaban J connectivity index is 2.10. The highest BCUT2D eigenvalue weighted by molar-refractivity contribution is 7.99. The van der Waals surface area contributed by atoms with Gasteiger partial charge in [-0.1, -0.05) is 18.9 Å². The number of thioether (sulfide) groups is 1. The molecule has 1 N–H and O–H groups in total. The van der Waals surface area contributed by atoms with Gasteiger partial charge in [0.1, 0.15) is 5.82 Å². The van der Waals surface area contributed by atoms with Crippen LogP contribution in [0.15, 0.2) is 29.2 Å². The average Bonchev–Trinajstić information content (AvgIpc) is 2.23. The van der Waals surface area contributed by atoms with E-state index in [1.165, 1.54) is 6.07 Å². The molecule has 1 nitrogen and oxygen atoms in total. The van der Waals surface area contributed by atoms with E-state index in [1.807, 2.05) is 6.07 Å². The predicted molar refractivity (Wildman–Crippen MR) is 62.7 cm³/mol. The fourth-order valence-electron chi connectivity index (χ4n) is 1.31. The van der Waals surface area contributed by atoms with Crippen LogP contribution in [-0.2, 0) is 0 Å². The van der Waals surface area contributed by atoms with Gasteiger partial charge < -0.3 is 5.11 Å². The van der Waals surface area contributed by atoms with Crippen molar-refractivity contribution < 1.29 is 9.50 Å². The first-order chi connectivity index (χ1) is 7.33. The van der Waals surface area contributed by atoms with Gasteiger partial charge in [0.25, 0.3) is 0 Å². The standard InChI is InChI=1S/C12H17FOS/c13-11-6-5-7-12(10-11)15-9-4-2-1-3-8-14/h5-7,10,14H,1-4,8-9H2. The number of hydrogen-bond donors (Lipinski definition) is 1. The van der Waals surface area contributed by atoms with Gasteiger partial charge >= 0.3 is 0 Å². The van der Waals surface area contributed by atoms with Crippen LogP contribution in [0.4, 0.5) is 4.39 Å². The van der Waals surface area contributed by atoms with E-state index in [0.717, 1.165) is 36.3 Å². The minimum atomic E-state index is -0.166. The number of aliphatic hydroxyl groups is 1. The topological polar surface area (TPSA) is 20.2 Å². The maximum absolute atomic E-state index is 12.8. The van der Waals surface area contributed by atoms with Crippen molar-refractivity contribution in [1.82, 2.24) is 0 Å². The Morgan fingerprint density at radius 1 is 1.13 bits per heavy atom. The van der Waals surface area contributed by atoms with Gasteiger partial charge in [-0.05, 0) is 36.8 Å². The average molecular weight is 228 g/mol. The lowest BCUT2D eigenvalue weighted by atomic mass is 10.2. The van der Waals surface area contributed by atoms with E-state index in [4.69, 9.17) is 5.11 Å². The van der Waals surface area contributed by atoms with E-state index in [9.17, 15) is 4.39 Å². The second-order valence-corrected chi connectivity index (χ2v) is 4.61. The normalized spacial score (nSPS) is 10.5. The molecule has 1 aromatic rings. The zero-order chi connectivity index (χ0) is 10.9. The summed E-state index contributed by atoms with van der Waals surface area (Å²) in [7, 11) is 0. The van der Waals surface area contributed by atoms with Crippen LogP contribution in [0.25, 0.3) is 0 Å². The summed E-state index contributed by atoms with van der Waals surface area (Å²) in [6.07, 6.45) is 4.24. The summed E-state index contributed by atoms with van der Waals surface area (Å²) in [6, 6.07) is 6.70. The van der Waals surface area contributed by atoms with Gasteiger partial charge in [-0.15, -0.1) is 11.8 Å². The van der Waals surface area contributed by atoms with E-state index >= 15 is 0 Å². The number of rotatable bonds is 7. The molecule has 0 saturated heterocycles. The monoisotopic (exact) mass is 228 g/mol. The van der Waals surface area contributed by atoms with Crippen molar-refractivity contribution in [2.45, 2.75) is 30.6 Å². The highest BCUT2D eigenvalue weighted by Crippen LogP contribution is 2.20. The van der Waals surface area contributed by atoms with Gasteiger partial charge in [-0.25, -0.2) is 4.39 Å². The maximum atomic E-state index is 12.8. The molecule has 0 aliphatic rings. The third-order valence-corrected chi connectivity index (χ3v) is 3.20. The zero-order valence-corrected chi connectivity index (χ0v) is 9.60. The van der Waals surface area contributed by atoms with Crippen LogP contribution in [-0.4, -0.2) is 17.5 Å². The molecule has 0 amide bonds. The highest BCUT2D eigenvalue weighted by atomic mass is 32.2. The van der Waals surface area contributed by atoms with Gasteiger partial charge in [0.2, 0.25) is 0 Å². The maximum Gasteiger partial charge on any atom is 0.124 e. The molecule has 0 fully saturated rings. The van der Waals surface area contributed by atoms with Crippen LogP contribution in [0.5, 0.6) is 0 Å². The summed E-state index contributed by atoms with van der Waals surface area (Å²) in [5.41, 5.74) is 0. The lowest BCUT2D eigenvalue weighted by Gasteiger charge is -2.01. The van der Waals surface area contributed by atoms with Crippen LogP contribution in [0.1, 0.15) is 25.7 Å². The molecule has 0 saturated carbocycles. The summed E-state index contributed by atoms with van der Waals surface area (Å²) in [5.74, 6) is 0.856. The van der Waals surface area contributed by atoms with Crippen molar-refractivity contribution in [1.29, 1.82) is 0 Å². The van der Waals surface area contributed by atoms with Crippen molar-refractivity contribution in [2.24, 2.45) is 0 Å². The second kappa shape index (κ2) is 7.71. The summed E-state index contributed by atoms with van der Waals surface area (Å²) in [4.78, 5) is 0.997. The Morgan fingerprint density at radius 2 is 1.93 bits per heavy atom. The Morgan fingerprint density at radius 3 is 2.67 bits per heavy atom. The zero-order valence-electron chi connectivity index (χ0n) is 8.79. The highest BCUT2D eigenvalue weighted by Gasteiger charge is 1.96. The fraction of sp³-hybridized carbons (Fsp3) is 0.500. The molecule has 84 valence electrons. The summed E-state index contributed by atoms with van der Waals surface area (Å²) in [5, 5.41) is 8.58. The molecule has 0 unspecified atom stereocenters. The van der Waals surface area contributed by atoms with Crippen LogP contribution in [0.3, 0.4) is 0 Å². The van der Waals surface area contributed by atoms with Gasteiger partial charge in [0.05, 0.1) is 0 Å². The molecule has 0 heterocycles. The molecular weight excluding hydrogens is 211 g/mol. The number of hydrogen-bond acceptors (Lipinski definition) is 2. The summed E-state index contributed by atoms with van der Waals surface area (Å²) >= 11 is 1.69. The molecule has 15 heavy (non-hydrogen) atoms. The van der Waals surface area contributed by atoms with Crippen molar-refractivity contribution in [3.8, 4) is 0 Å². The van der Waals surface area contributed by atoms with Crippen LogP contribution in [0, 0.1) is 5.82 Å². The third-order valence-electron chi connectivity index (χ3n) is 2.12. The molecule has 1 rings (SSSR count). The molecule has 0 spiro atoms. The number of halogens is 1. The lowest BCUT2D eigenvalue weighted by molar-refractivity contribution is 0.283. The van der Waals surface area contributed by atoms with Gasteiger partial charge in [0, 0.05) is 11.5 Å². The van der Waals surface area contributed by atoms with E-state index < -0.39 is 0 Å². The number of unbranched alkanes of at least 4 members (excludes halogenated alkanes) is 3. The van der Waals surface area contributed by atoms with Crippen LogP contribution >= 0.6 is 11.8 Å². The van der Waals surface area contributed by atoms with Crippen molar-refractivity contribution in [3.05, 3.63) is 30.1 Å². The largest absolute Gasteiger partial charge is 0.396 e. The minimum absolute atomic E-state index is 0.166. The van der Waals surface area contributed by atoms with Gasteiger partial charge in [-0.2, -0.15) is 0 Å². The number of aliphatic hydroxyl groups excluding tert-OH is 1. The summed E-state index contributed by atoms with van der Waals surface area (Å²) in [6.45, 7) is 0.289.